The minimum atomic E-state index is -1.06. The zero-order valence-electron chi connectivity index (χ0n) is 47.6. The van der Waals surface area contributed by atoms with Gasteiger partial charge >= 0.3 is 5.97 Å². The number of hydrogen-bond donors (Lipinski definition) is 4. The Balaban J connectivity index is 0.680. The van der Waals surface area contributed by atoms with Gasteiger partial charge in [-0.25, -0.2) is 4.98 Å². The van der Waals surface area contributed by atoms with Gasteiger partial charge in [0.25, 0.3) is 11.8 Å². The summed E-state index contributed by atoms with van der Waals surface area (Å²) >= 11 is 3.22. The van der Waals surface area contributed by atoms with E-state index in [1.54, 1.807) is 46.9 Å². The number of thiophene rings is 1. The number of nitrogens with one attached hydrogen (secondary N) is 3. The van der Waals surface area contributed by atoms with Crippen molar-refractivity contribution in [1.29, 1.82) is 0 Å². The number of furan rings is 1. The number of benzene rings is 4. The highest BCUT2D eigenvalue weighted by Crippen LogP contribution is 2.41. The Morgan fingerprint density at radius 1 is 0.831 bits per heavy atom. The van der Waals surface area contributed by atoms with Crippen LogP contribution in [0.2, 0.25) is 0 Å². The first-order valence-electron chi connectivity index (χ1n) is 27.7. The molecule has 11 rings (SSSR count). The number of hydrogen-bond acceptors (Lipinski definition) is 15. The molecule has 5 atom stereocenters. The van der Waals surface area contributed by atoms with E-state index in [2.05, 4.69) is 45.0 Å². The van der Waals surface area contributed by atoms with Crippen LogP contribution in [0.3, 0.4) is 0 Å². The summed E-state index contributed by atoms with van der Waals surface area (Å²) in [6, 6.07) is 27.4. The lowest BCUT2D eigenvalue weighted by Gasteiger charge is -2.35. The number of aliphatic imine (C=N–C) groups is 1. The third-order valence-corrected chi connectivity index (χ3v) is 18.1. The average Bonchev–Trinajstić information content (AvgIpc) is 2.23. The molecule has 20 heteroatoms. The zero-order valence-corrected chi connectivity index (χ0v) is 49.2. The second-order valence-electron chi connectivity index (χ2n) is 22.8. The molecular weight excluding hydrogens is 1090 g/mol. The minimum Gasteiger partial charge on any atom is -0.490 e. The molecule has 1 aliphatic carbocycles. The standard InChI is InChI=1S/C63H65N9O9S2/c1-32-35(4)83-62-53(32)54(67-48(29-52(74)79-9)57-70-69-36(5)72(57)62)40-16-12-38(13-17-40)39-14-20-42(21-15-39)58(75)66-44-26-47(27-44)80-46-22-23-50-43(24-46)25-51(81-50)60(77)68-56(63(6,7)8)61(78)71-30-45(73)28-49(71)59(76)65-33(2)37-10-18-41(19-11-37)55-34(3)64-31-82-55/h10-25,31,33,44-45,47-49,56,73H,26-30H2,1-9H3,(H,65,76)(H,66,75)(H,68,77)/t33-,44?,45+,47?,48-,49-,56+/m0/s1. The first kappa shape index (κ1) is 56.5. The fraction of sp³-hybridized carbons (Fsp3) is 0.349. The van der Waals surface area contributed by atoms with Crippen molar-refractivity contribution in [2.75, 3.05) is 13.7 Å². The Morgan fingerprint density at radius 3 is 2.19 bits per heavy atom. The van der Waals surface area contributed by atoms with Gasteiger partial charge < -0.3 is 39.8 Å². The number of carbonyl (C=O) groups is 5. The van der Waals surface area contributed by atoms with Gasteiger partial charge in [0.2, 0.25) is 11.8 Å². The van der Waals surface area contributed by atoms with Crippen molar-refractivity contribution in [2.24, 2.45) is 10.4 Å². The van der Waals surface area contributed by atoms with Gasteiger partial charge in [-0.15, -0.1) is 32.9 Å². The maximum Gasteiger partial charge on any atom is 0.308 e. The molecule has 0 spiro atoms. The lowest BCUT2D eigenvalue weighted by atomic mass is 9.85. The SMILES string of the molecule is COC(=O)C[C@@H]1N=C(c2ccc(-c3ccc(C(=O)NC4CC(Oc5ccc6oc(C(=O)N[C@H](C(=O)N7C[C@H](O)C[C@H]7C(=O)N[C@@H](C)c7ccc(-c8scnc8C)cc7)C(C)(C)C)cc6c5)C4)cc3)cc2)c2c(sc(C)c2C)-n2c(C)nnc21. The highest BCUT2D eigenvalue weighted by atomic mass is 32.1. The Bertz CT molecular complexity index is 3830. The quantitative estimate of drug-likeness (QED) is 0.0703. The monoisotopic (exact) mass is 1160 g/mol. The van der Waals surface area contributed by atoms with Crippen LogP contribution in [0, 0.1) is 33.1 Å². The second kappa shape index (κ2) is 22.8. The van der Waals surface area contributed by atoms with Crippen molar-refractivity contribution in [3.8, 4) is 32.3 Å². The third-order valence-electron chi connectivity index (χ3n) is 15.9. The number of thiazole rings is 1. The number of nitrogens with zero attached hydrogens (tertiary/aromatic N) is 6. The molecule has 4 amide bonds. The largest absolute Gasteiger partial charge is 0.490 e. The summed E-state index contributed by atoms with van der Waals surface area (Å²) in [5, 5.41) is 30.2. The van der Waals surface area contributed by atoms with E-state index in [0.717, 1.165) is 65.1 Å². The van der Waals surface area contributed by atoms with Crippen LogP contribution in [0.15, 0.2) is 112 Å². The number of methoxy groups -OCH3 is 1. The van der Waals surface area contributed by atoms with E-state index in [4.69, 9.17) is 18.9 Å². The molecule has 0 radical (unpaired) electrons. The summed E-state index contributed by atoms with van der Waals surface area (Å²) in [7, 11) is 1.37. The molecule has 4 aromatic heterocycles. The van der Waals surface area contributed by atoms with Crippen molar-refractivity contribution in [1.82, 2.24) is 40.6 Å². The summed E-state index contributed by atoms with van der Waals surface area (Å²) < 4.78 is 19.3. The highest BCUT2D eigenvalue weighted by Gasteiger charge is 2.45. The summed E-state index contributed by atoms with van der Waals surface area (Å²) in [5.41, 5.74) is 10.5. The maximum absolute atomic E-state index is 14.4. The number of carbonyl (C=O) groups excluding carboxylic acids is 5. The molecule has 3 aliphatic rings. The van der Waals surface area contributed by atoms with E-state index in [9.17, 15) is 29.1 Å². The summed E-state index contributed by atoms with van der Waals surface area (Å²) in [4.78, 5) is 81.3. The molecule has 1 saturated carbocycles. The fourth-order valence-corrected chi connectivity index (χ4v) is 13.1. The van der Waals surface area contributed by atoms with E-state index in [-0.39, 0.29) is 55.2 Å². The molecule has 0 unspecified atom stereocenters. The van der Waals surface area contributed by atoms with Crippen LogP contribution < -0.4 is 20.7 Å². The first-order valence-corrected chi connectivity index (χ1v) is 29.4. The number of aromatic nitrogens is 4. The number of aliphatic hydroxyl groups excluding tert-OH is 1. The minimum absolute atomic E-state index is 0.00305. The van der Waals surface area contributed by atoms with Crippen LogP contribution in [-0.2, 0) is 19.1 Å². The number of rotatable bonds is 15. The molecule has 6 heterocycles. The molecular formula is C63H65N9O9S2. The molecule has 2 aliphatic heterocycles. The van der Waals surface area contributed by atoms with Crippen LogP contribution in [0.25, 0.3) is 37.5 Å². The molecule has 8 aromatic rings. The molecule has 18 nitrogen and oxygen atoms in total. The molecule has 428 valence electrons. The molecule has 2 fully saturated rings. The lowest BCUT2D eigenvalue weighted by molar-refractivity contribution is -0.142. The Kier molecular flexibility index (Phi) is 15.5. The van der Waals surface area contributed by atoms with E-state index >= 15 is 0 Å². The highest BCUT2D eigenvalue weighted by molar-refractivity contribution is 7.15. The number of aryl methyl sites for hydroxylation is 3. The van der Waals surface area contributed by atoms with Crippen LogP contribution in [-0.4, -0.2) is 109 Å². The van der Waals surface area contributed by atoms with E-state index in [1.165, 1.54) is 12.0 Å². The smallest absolute Gasteiger partial charge is 0.308 e. The van der Waals surface area contributed by atoms with Gasteiger partial charge in [-0.05, 0) is 104 Å². The number of β-amino-alcohol motifs (C(OH)–C–C–N with tert-alkyl or cyclic N) is 1. The van der Waals surface area contributed by atoms with Crippen molar-refractivity contribution in [3.05, 3.63) is 158 Å². The van der Waals surface area contributed by atoms with Crippen LogP contribution in [0.4, 0.5) is 0 Å². The van der Waals surface area contributed by atoms with E-state index in [1.807, 2.05) is 124 Å². The predicted molar refractivity (Wildman–Crippen MR) is 317 cm³/mol. The van der Waals surface area contributed by atoms with Crippen molar-refractivity contribution < 1.29 is 43.0 Å². The normalized spacial score (nSPS) is 19.1. The van der Waals surface area contributed by atoms with Gasteiger partial charge in [0, 0.05) is 58.8 Å². The number of amides is 4. The lowest BCUT2D eigenvalue weighted by Crippen LogP contribution is -2.57. The fourth-order valence-electron chi connectivity index (χ4n) is 11.1. The molecule has 4 N–H and O–H groups in total. The van der Waals surface area contributed by atoms with E-state index < -0.39 is 47.4 Å². The molecule has 0 bridgehead atoms. The van der Waals surface area contributed by atoms with Crippen molar-refractivity contribution >= 4 is 69.0 Å². The van der Waals surface area contributed by atoms with Crippen molar-refractivity contribution in [2.45, 2.75) is 123 Å². The summed E-state index contributed by atoms with van der Waals surface area (Å²) in [6.07, 6.45) is 0.224. The summed E-state index contributed by atoms with van der Waals surface area (Å²) in [6.45, 7) is 15.3. The summed E-state index contributed by atoms with van der Waals surface area (Å²) in [5.74, 6) is -0.168. The van der Waals surface area contributed by atoms with Gasteiger partial charge in [-0.1, -0.05) is 81.4 Å². The van der Waals surface area contributed by atoms with Crippen molar-refractivity contribution in [3.63, 3.8) is 0 Å². The van der Waals surface area contributed by atoms with E-state index in [0.29, 0.717) is 46.8 Å². The maximum atomic E-state index is 14.4. The van der Waals surface area contributed by atoms with Gasteiger partial charge in [0.05, 0.1) is 47.5 Å². The number of likely N-dealkylation sites (tertiary alicyclic amines) is 1. The van der Waals surface area contributed by atoms with Gasteiger partial charge in [0.15, 0.2) is 11.6 Å². The molecule has 1 saturated heterocycles. The number of ether oxygens (including phenoxy) is 2. The van der Waals surface area contributed by atoms with Crippen LogP contribution in [0.1, 0.15) is 131 Å². The predicted octanol–water partition coefficient (Wildman–Crippen LogP) is 9.88. The number of aliphatic hydroxyl groups is 1. The topological polar surface area (TPSA) is 232 Å². The number of esters is 1. The van der Waals surface area contributed by atoms with Gasteiger partial charge in [-0.2, -0.15) is 0 Å². The third kappa shape index (κ3) is 11.5. The van der Waals surface area contributed by atoms with Gasteiger partial charge in [-0.3, -0.25) is 33.5 Å². The van der Waals surface area contributed by atoms with Crippen LogP contribution in [0.5, 0.6) is 5.75 Å². The van der Waals surface area contributed by atoms with Crippen LogP contribution >= 0.6 is 22.7 Å². The second-order valence-corrected chi connectivity index (χ2v) is 24.9. The zero-order chi connectivity index (χ0) is 58.6. The average molecular weight is 1160 g/mol. The number of fused-ring (bicyclic) bond motifs is 4. The Hall–Kier alpha value is -8.33. The van der Waals surface area contributed by atoms with Gasteiger partial charge in [0.1, 0.15) is 46.4 Å². The molecule has 4 aromatic carbocycles. The Labute approximate surface area is 488 Å². The first-order chi connectivity index (χ1) is 39.7. The molecule has 83 heavy (non-hydrogen) atoms. The Morgan fingerprint density at radius 2 is 1.52 bits per heavy atom.